The van der Waals surface area contributed by atoms with Crippen LogP contribution in [0, 0.1) is 11.7 Å². The van der Waals surface area contributed by atoms with Crippen LogP contribution in [-0.2, 0) is 14.3 Å². The van der Waals surface area contributed by atoms with Crippen LogP contribution in [0.2, 0.25) is 0 Å². The van der Waals surface area contributed by atoms with Gasteiger partial charge in [0.05, 0.1) is 19.8 Å². The lowest BCUT2D eigenvalue weighted by Gasteiger charge is -2.37. The molecule has 1 N–H and O–H groups in total. The molecule has 2 amide bonds. The van der Waals surface area contributed by atoms with Crippen molar-refractivity contribution in [2.24, 2.45) is 5.92 Å². The predicted octanol–water partition coefficient (Wildman–Crippen LogP) is 4.22. The molecule has 2 unspecified atom stereocenters. The van der Waals surface area contributed by atoms with Crippen LogP contribution in [-0.4, -0.2) is 61.6 Å². The molecule has 0 bridgehead atoms. The van der Waals surface area contributed by atoms with Crippen molar-refractivity contribution in [3.63, 3.8) is 0 Å². The van der Waals surface area contributed by atoms with Gasteiger partial charge in [-0.3, -0.25) is 19.4 Å². The Labute approximate surface area is 208 Å². The van der Waals surface area contributed by atoms with Crippen molar-refractivity contribution in [2.75, 3.05) is 37.7 Å². The van der Waals surface area contributed by atoms with Crippen molar-refractivity contribution >= 4 is 17.5 Å². The minimum Gasteiger partial charge on any atom is -0.379 e. The van der Waals surface area contributed by atoms with Gasteiger partial charge >= 0.3 is 0 Å². The molecule has 1 aliphatic heterocycles. The van der Waals surface area contributed by atoms with E-state index < -0.39 is 11.9 Å². The maximum absolute atomic E-state index is 14.4. The Morgan fingerprint density at radius 3 is 2.66 bits per heavy atom. The Morgan fingerprint density at radius 2 is 1.94 bits per heavy atom. The second-order valence-corrected chi connectivity index (χ2v) is 10.1. The number of nitrogens with one attached hydrogen (secondary N) is 1. The molecule has 1 saturated carbocycles. The van der Waals surface area contributed by atoms with Crippen molar-refractivity contribution < 1.29 is 18.7 Å². The van der Waals surface area contributed by atoms with Gasteiger partial charge in [0, 0.05) is 24.8 Å². The van der Waals surface area contributed by atoms with Crippen LogP contribution in [0.25, 0.3) is 0 Å². The molecular formula is C28H38FN3O3. The average molecular weight is 484 g/mol. The molecule has 0 aromatic heterocycles. The van der Waals surface area contributed by atoms with Crippen LogP contribution < -0.4 is 10.2 Å². The van der Waals surface area contributed by atoms with E-state index in [-0.39, 0.29) is 30.3 Å². The lowest BCUT2D eigenvalue weighted by Crippen LogP contribution is -2.56. The van der Waals surface area contributed by atoms with Gasteiger partial charge in [-0.1, -0.05) is 44.4 Å². The molecule has 2 atom stereocenters. The number of carbonyl (C=O) groups is 2. The number of nitrogens with zero attached hydrogens (tertiary/aromatic N) is 2. The fraction of sp³-hybridized carbons (Fsp3) is 0.571. The van der Waals surface area contributed by atoms with E-state index in [0.717, 1.165) is 43.3 Å². The monoisotopic (exact) mass is 483 g/mol. The number of amides is 2. The number of hydrogen-bond donors (Lipinski definition) is 1. The molecule has 0 spiro atoms. The lowest BCUT2D eigenvalue weighted by molar-refractivity contribution is -0.127. The van der Waals surface area contributed by atoms with E-state index in [1.807, 2.05) is 11.8 Å². The highest BCUT2D eigenvalue weighted by atomic mass is 19.1. The number of hydrogen-bond acceptors (Lipinski definition) is 4. The third-order valence-corrected chi connectivity index (χ3v) is 7.29. The number of morpholine rings is 1. The Bertz CT molecular complexity index is 964. The molecule has 2 fully saturated rings. The molecule has 1 saturated heterocycles. The van der Waals surface area contributed by atoms with E-state index >= 15 is 0 Å². The Hall–Kier alpha value is -2.51. The summed E-state index contributed by atoms with van der Waals surface area (Å²) in [5, 5.41) is 3.25. The van der Waals surface area contributed by atoms with Gasteiger partial charge < -0.3 is 10.1 Å². The molecule has 1 aromatic rings. The molecule has 6 nitrogen and oxygen atoms in total. The minimum absolute atomic E-state index is 0.105. The van der Waals surface area contributed by atoms with Gasteiger partial charge in [-0.15, -0.1) is 0 Å². The van der Waals surface area contributed by atoms with Crippen molar-refractivity contribution in [1.82, 2.24) is 10.2 Å². The molecule has 35 heavy (non-hydrogen) atoms. The van der Waals surface area contributed by atoms with Gasteiger partial charge in [0.15, 0.2) is 0 Å². The first-order valence-electron chi connectivity index (χ1n) is 13.0. The van der Waals surface area contributed by atoms with Crippen LogP contribution in [0.4, 0.5) is 10.1 Å². The second-order valence-electron chi connectivity index (χ2n) is 10.1. The third-order valence-electron chi connectivity index (χ3n) is 7.29. The normalized spacial score (nSPS) is 22.7. The standard InChI is InChI=1S/C28H38FN3O3/c1-20-11-12-21(2)25(17-20)27(28(34)30-23-8-4-3-5-9-23)32(24-10-6-7-22(29)18-24)26(33)19-31-13-15-35-16-14-31/h6-7,10,12,17-18,20,23,27H,3-5,8-9,11,13-16,19H2,1-2H3,(H,30,34). The summed E-state index contributed by atoms with van der Waals surface area (Å²) >= 11 is 0. The fourth-order valence-electron chi connectivity index (χ4n) is 5.31. The van der Waals surface area contributed by atoms with E-state index in [2.05, 4.69) is 24.4 Å². The van der Waals surface area contributed by atoms with E-state index in [9.17, 15) is 14.0 Å². The summed E-state index contributed by atoms with van der Waals surface area (Å²) in [6.07, 6.45) is 10.4. The number of allylic oxidation sites excluding steroid dienone is 2. The highest BCUT2D eigenvalue weighted by Gasteiger charge is 2.37. The van der Waals surface area contributed by atoms with Gasteiger partial charge in [0.2, 0.25) is 11.8 Å². The molecule has 4 rings (SSSR count). The minimum atomic E-state index is -0.855. The zero-order chi connectivity index (χ0) is 24.8. The van der Waals surface area contributed by atoms with Gasteiger partial charge in [0.1, 0.15) is 11.9 Å². The first-order chi connectivity index (χ1) is 16.9. The van der Waals surface area contributed by atoms with Crippen LogP contribution >= 0.6 is 0 Å². The zero-order valence-electron chi connectivity index (χ0n) is 21.0. The van der Waals surface area contributed by atoms with Gasteiger partial charge in [0.25, 0.3) is 0 Å². The predicted molar refractivity (Wildman–Crippen MR) is 136 cm³/mol. The zero-order valence-corrected chi connectivity index (χ0v) is 21.0. The third kappa shape index (κ3) is 6.58. The molecule has 7 heteroatoms. The van der Waals surface area contributed by atoms with Crippen LogP contribution in [0.15, 0.2) is 47.6 Å². The smallest absolute Gasteiger partial charge is 0.248 e. The highest BCUT2D eigenvalue weighted by molar-refractivity contribution is 6.04. The number of ether oxygens (including phenoxy) is 1. The molecule has 2 aliphatic carbocycles. The van der Waals surface area contributed by atoms with Crippen molar-refractivity contribution in [3.8, 4) is 0 Å². The van der Waals surface area contributed by atoms with Gasteiger partial charge in [-0.2, -0.15) is 0 Å². The van der Waals surface area contributed by atoms with Crippen molar-refractivity contribution in [3.05, 3.63) is 53.4 Å². The van der Waals surface area contributed by atoms with Crippen LogP contribution in [0.3, 0.4) is 0 Å². The first kappa shape index (κ1) is 25.6. The number of carbonyl (C=O) groups excluding carboxylic acids is 2. The van der Waals surface area contributed by atoms with Crippen molar-refractivity contribution in [2.45, 2.75) is 64.5 Å². The number of benzene rings is 1. The number of halogens is 1. The summed E-state index contributed by atoms with van der Waals surface area (Å²) in [4.78, 5) is 31.4. The topological polar surface area (TPSA) is 61.9 Å². The average Bonchev–Trinajstić information content (AvgIpc) is 2.85. The van der Waals surface area contributed by atoms with Crippen LogP contribution in [0.1, 0.15) is 52.4 Å². The maximum atomic E-state index is 14.4. The molecule has 1 heterocycles. The quantitative estimate of drug-likeness (QED) is 0.631. The van der Waals surface area contributed by atoms with E-state index in [1.54, 1.807) is 12.1 Å². The molecule has 3 aliphatic rings. The largest absolute Gasteiger partial charge is 0.379 e. The fourth-order valence-corrected chi connectivity index (χ4v) is 5.31. The Kier molecular flexibility index (Phi) is 8.74. The molecular weight excluding hydrogens is 445 g/mol. The molecule has 1 aromatic carbocycles. The van der Waals surface area contributed by atoms with E-state index in [4.69, 9.17) is 4.74 Å². The van der Waals surface area contributed by atoms with Crippen LogP contribution in [0.5, 0.6) is 0 Å². The van der Waals surface area contributed by atoms with Gasteiger partial charge in [-0.05, 0) is 61.4 Å². The molecule has 190 valence electrons. The lowest BCUT2D eigenvalue weighted by atomic mass is 9.86. The SMILES string of the molecule is CC1=CCC(C)C=C1C(C(=O)NC1CCCCC1)N(C(=O)CN1CCOCC1)c1cccc(F)c1. The highest BCUT2D eigenvalue weighted by Crippen LogP contribution is 2.31. The Balaban J connectivity index is 1.72. The van der Waals surface area contributed by atoms with E-state index in [0.29, 0.717) is 32.0 Å². The Morgan fingerprint density at radius 1 is 1.20 bits per heavy atom. The second kappa shape index (κ2) is 12.0. The summed E-state index contributed by atoms with van der Waals surface area (Å²) in [7, 11) is 0. The molecule has 0 radical (unpaired) electrons. The summed E-state index contributed by atoms with van der Waals surface area (Å²) in [5.41, 5.74) is 2.23. The first-order valence-corrected chi connectivity index (χ1v) is 13.0. The maximum Gasteiger partial charge on any atom is 0.248 e. The van der Waals surface area contributed by atoms with E-state index in [1.165, 1.54) is 23.5 Å². The number of rotatable bonds is 7. The summed E-state index contributed by atoms with van der Waals surface area (Å²) < 4.78 is 19.8. The summed E-state index contributed by atoms with van der Waals surface area (Å²) in [5.74, 6) is -0.587. The van der Waals surface area contributed by atoms with Crippen molar-refractivity contribution in [1.29, 1.82) is 0 Å². The summed E-state index contributed by atoms with van der Waals surface area (Å²) in [6.45, 7) is 6.71. The van der Waals surface area contributed by atoms with Gasteiger partial charge in [-0.25, -0.2) is 4.39 Å². The summed E-state index contributed by atoms with van der Waals surface area (Å²) in [6, 6.07) is 5.27. The number of anilines is 1.